The molecule has 0 spiro atoms. The zero-order valence-electron chi connectivity index (χ0n) is 14.0. The molecule has 128 valence electrons. The van der Waals surface area contributed by atoms with E-state index in [0.29, 0.717) is 55.3 Å². The van der Waals surface area contributed by atoms with Gasteiger partial charge in [0, 0.05) is 39.6 Å². The second-order valence-corrected chi connectivity index (χ2v) is 7.30. The number of allylic oxidation sites excluding steroid dienone is 2. The molecule has 1 N–H and O–H groups in total. The van der Waals surface area contributed by atoms with Crippen LogP contribution in [0.15, 0.2) is 21.7 Å². The summed E-state index contributed by atoms with van der Waals surface area (Å²) in [5.74, 6) is 1.94. The smallest absolute Gasteiger partial charge is 0.253 e. The van der Waals surface area contributed by atoms with Gasteiger partial charge in [0.15, 0.2) is 0 Å². The third kappa shape index (κ3) is 2.44. The minimum atomic E-state index is -0.391. The van der Waals surface area contributed by atoms with Crippen LogP contribution >= 0.6 is 0 Å². The molecule has 2 bridgehead atoms. The van der Waals surface area contributed by atoms with E-state index in [1.807, 2.05) is 4.90 Å². The Kier molecular flexibility index (Phi) is 3.70. The quantitative estimate of drug-likeness (QED) is 0.646. The number of piperazine rings is 1. The molecule has 6 nitrogen and oxygen atoms in total. The molecule has 2 aliphatic carbocycles. The second-order valence-electron chi connectivity index (χ2n) is 7.30. The number of amides is 1. The van der Waals surface area contributed by atoms with Crippen molar-refractivity contribution < 1.29 is 4.79 Å². The molecule has 3 atom stereocenters. The lowest BCUT2D eigenvalue weighted by Gasteiger charge is -2.36. The predicted octanol–water partition coefficient (Wildman–Crippen LogP) is 0.575. The summed E-state index contributed by atoms with van der Waals surface area (Å²) in [5.41, 5.74) is 0.240. The maximum Gasteiger partial charge on any atom is 0.253 e. The third-order valence-corrected chi connectivity index (χ3v) is 5.88. The summed E-state index contributed by atoms with van der Waals surface area (Å²) in [5, 5.41) is 3.26. The fraction of sp³-hybridized carbons (Fsp3) is 0.611. The van der Waals surface area contributed by atoms with Gasteiger partial charge in [-0.2, -0.15) is 0 Å². The molecular weight excluding hydrogens is 306 g/mol. The van der Waals surface area contributed by atoms with E-state index in [-0.39, 0.29) is 11.3 Å². The van der Waals surface area contributed by atoms with Crippen molar-refractivity contribution in [3.63, 3.8) is 0 Å². The number of carbonyl (C=O) groups is 1. The predicted molar refractivity (Wildman–Crippen MR) is 93.2 cm³/mol. The van der Waals surface area contributed by atoms with Crippen molar-refractivity contribution in [1.29, 1.82) is 0 Å². The molecule has 1 aromatic carbocycles. The first kappa shape index (κ1) is 15.4. The molecule has 1 amide bonds. The maximum absolute atomic E-state index is 12.0. The summed E-state index contributed by atoms with van der Waals surface area (Å²) in [6.07, 6.45) is 7.01. The van der Waals surface area contributed by atoms with Crippen LogP contribution < -0.4 is 21.1 Å². The monoisotopic (exact) mass is 329 g/mol. The molecule has 0 unspecified atom stereocenters. The molecule has 24 heavy (non-hydrogen) atoms. The van der Waals surface area contributed by atoms with Gasteiger partial charge >= 0.3 is 0 Å². The number of rotatable bonds is 4. The second kappa shape index (κ2) is 5.76. The van der Waals surface area contributed by atoms with Gasteiger partial charge in [0.1, 0.15) is 11.4 Å². The van der Waals surface area contributed by atoms with Crippen LogP contribution in [-0.2, 0) is 4.79 Å². The molecule has 1 aromatic rings. The van der Waals surface area contributed by atoms with E-state index < -0.39 is 5.43 Å². The SMILES string of the molecule is CC(=O)N1CCN(c2c(NC[C@@H]3C[C@H]4C=C[C@H]3C4)c(=O)c2=O)CC1. The highest BCUT2D eigenvalue weighted by atomic mass is 16.2. The van der Waals surface area contributed by atoms with Crippen LogP contribution in [-0.4, -0.2) is 43.5 Å². The first-order valence-electron chi connectivity index (χ1n) is 8.80. The van der Waals surface area contributed by atoms with Crippen LogP contribution in [0, 0.1) is 17.8 Å². The number of nitrogens with zero attached hydrogens (tertiary/aromatic N) is 2. The molecular formula is C18H23N3O3. The van der Waals surface area contributed by atoms with E-state index in [9.17, 15) is 14.4 Å². The summed E-state index contributed by atoms with van der Waals surface area (Å²) in [6, 6.07) is 0. The number of nitrogens with one attached hydrogen (secondary N) is 1. The Morgan fingerprint density at radius 2 is 1.88 bits per heavy atom. The average Bonchev–Trinajstić information content (AvgIpc) is 3.20. The van der Waals surface area contributed by atoms with Crippen molar-refractivity contribution in [1.82, 2.24) is 4.90 Å². The van der Waals surface area contributed by atoms with Crippen LogP contribution in [0.2, 0.25) is 0 Å². The first-order valence-corrected chi connectivity index (χ1v) is 8.80. The molecule has 0 aromatic heterocycles. The Bertz CT molecular complexity index is 754. The molecule has 3 aliphatic rings. The van der Waals surface area contributed by atoms with Gasteiger partial charge in [-0.25, -0.2) is 0 Å². The number of carbonyl (C=O) groups excluding carboxylic acids is 1. The summed E-state index contributed by atoms with van der Waals surface area (Å²) >= 11 is 0. The zero-order chi connectivity index (χ0) is 16.8. The van der Waals surface area contributed by atoms with Gasteiger partial charge in [0.2, 0.25) is 5.91 Å². The van der Waals surface area contributed by atoms with E-state index in [4.69, 9.17) is 0 Å². The van der Waals surface area contributed by atoms with E-state index in [1.165, 1.54) is 12.8 Å². The number of hydrogen-bond acceptors (Lipinski definition) is 5. The van der Waals surface area contributed by atoms with Gasteiger partial charge in [-0.1, -0.05) is 12.2 Å². The van der Waals surface area contributed by atoms with Crippen molar-refractivity contribution in [2.24, 2.45) is 17.8 Å². The lowest BCUT2D eigenvalue weighted by molar-refractivity contribution is -0.129. The Labute approximate surface area is 140 Å². The minimum Gasteiger partial charge on any atom is -0.380 e. The Morgan fingerprint density at radius 1 is 1.12 bits per heavy atom. The molecule has 1 aliphatic heterocycles. The van der Waals surface area contributed by atoms with E-state index in [2.05, 4.69) is 17.5 Å². The number of hydrogen-bond donors (Lipinski definition) is 1. The average molecular weight is 329 g/mol. The third-order valence-electron chi connectivity index (χ3n) is 5.88. The normalized spacial score (nSPS) is 28.8. The Balaban J connectivity index is 1.41. The van der Waals surface area contributed by atoms with Gasteiger partial charge in [-0.3, -0.25) is 14.4 Å². The molecule has 2 fully saturated rings. The first-order chi connectivity index (χ1) is 11.5. The van der Waals surface area contributed by atoms with Crippen molar-refractivity contribution in [2.45, 2.75) is 19.8 Å². The zero-order valence-corrected chi connectivity index (χ0v) is 14.0. The summed E-state index contributed by atoms with van der Waals surface area (Å²) < 4.78 is 0. The molecule has 0 radical (unpaired) electrons. The van der Waals surface area contributed by atoms with E-state index in [0.717, 1.165) is 6.54 Å². The van der Waals surface area contributed by atoms with Gasteiger partial charge < -0.3 is 15.1 Å². The van der Waals surface area contributed by atoms with Gasteiger partial charge in [-0.15, -0.1) is 0 Å². The summed E-state index contributed by atoms with van der Waals surface area (Å²) in [7, 11) is 0. The lowest BCUT2D eigenvalue weighted by atomic mass is 9.93. The van der Waals surface area contributed by atoms with Crippen LogP contribution in [0.3, 0.4) is 0 Å². The van der Waals surface area contributed by atoms with Crippen LogP contribution in [0.5, 0.6) is 0 Å². The molecule has 1 saturated carbocycles. The highest BCUT2D eigenvalue weighted by Gasteiger charge is 2.36. The van der Waals surface area contributed by atoms with Gasteiger partial charge in [0.25, 0.3) is 10.9 Å². The van der Waals surface area contributed by atoms with Crippen molar-refractivity contribution in [3.05, 3.63) is 32.6 Å². The fourth-order valence-corrected chi connectivity index (χ4v) is 4.45. The lowest BCUT2D eigenvalue weighted by Crippen LogP contribution is -2.52. The van der Waals surface area contributed by atoms with Crippen LogP contribution in [0.4, 0.5) is 11.4 Å². The summed E-state index contributed by atoms with van der Waals surface area (Å²) in [6.45, 7) is 4.74. The molecule has 1 heterocycles. The van der Waals surface area contributed by atoms with Gasteiger partial charge in [-0.05, 0) is 30.6 Å². The van der Waals surface area contributed by atoms with Crippen LogP contribution in [0.1, 0.15) is 19.8 Å². The molecule has 4 rings (SSSR count). The maximum atomic E-state index is 12.0. The Hall–Kier alpha value is -2.11. The largest absolute Gasteiger partial charge is 0.380 e. The molecule has 6 heteroatoms. The fourth-order valence-electron chi connectivity index (χ4n) is 4.45. The Morgan fingerprint density at radius 3 is 2.46 bits per heavy atom. The highest BCUT2D eigenvalue weighted by Crippen LogP contribution is 2.43. The summed E-state index contributed by atoms with van der Waals surface area (Å²) in [4.78, 5) is 39.1. The standard InChI is InChI=1S/C18H23N3O3/c1-11(22)20-4-6-21(7-5-20)16-15(17(23)18(16)24)19-10-14-9-12-2-3-13(14)8-12/h2-3,12-14,19H,4-10H2,1H3/t12-,13-,14-/m0/s1. The van der Waals surface area contributed by atoms with Crippen molar-refractivity contribution in [2.75, 3.05) is 42.9 Å². The minimum absolute atomic E-state index is 0.0577. The van der Waals surface area contributed by atoms with E-state index >= 15 is 0 Å². The van der Waals surface area contributed by atoms with Gasteiger partial charge in [0.05, 0.1) is 0 Å². The topological polar surface area (TPSA) is 69.7 Å². The van der Waals surface area contributed by atoms with Crippen LogP contribution in [0.25, 0.3) is 0 Å². The molecule has 1 saturated heterocycles. The van der Waals surface area contributed by atoms with E-state index in [1.54, 1.807) is 11.8 Å². The number of fused-ring (bicyclic) bond motifs is 2. The highest BCUT2D eigenvalue weighted by molar-refractivity contribution is 5.77. The van der Waals surface area contributed by atoms with Crippen molar-refractivity contribution in [3.8, 4) is 0 Å². The van der Waals surface area contributed by atoms with Crippen molar-refractivity contribution >= 4 is 17.3 Å². The number of anilines is 2.